The number of likely N-dealkylation sites (tertiary alicyclic amines) is 1. The Morgan fingerprint density at radius 1 is 1.29 bits per heavy atom. The van der Waals surface area contributed by atoms with Crippen molar-refractivity contribution in [3.63, 3.8) is 0 Å². The van der Waals surface area contributed by atoms with E-state index in [2.05, 4.69) is 21.8 Å². The van der Waals surface area contributed by atoms with Crippen molar-refractivity contribution in [1.29, 1.82) is 0 Å². The first kappa shape index (κ1) is 18.7. The number of aromatic carboxylic acids is 1. The summed E-state index contributed by atoms with van der Waals surface area (Å²) < 4.78 is 0. The fraction of sp³-hybridized carbons (Fsp3) is 0.476. The number of H-pyrrole nitrogens is 1. The van der Waals surface area contributed by atoms with Gasteiger partial charge >= 0.3 is 5.97 Å². The van der Waals surface area contributed by atoms with Crippen molar-refractivity contribution in [2.45, 2.75) is 45.2 Å². The normalized spacial score (nSPS) is 20.0. The number of amides is 1. The Kier molecular flexibility index (Phi) is 5.17. The number of aromatic amines is 1. The molecule has 1 aromatic carbocycles. The predicted molar refractivity (Wildman–Crippen MR) is 105 cm³/mol. The Bertz CT molecular complexity index is 892. The van der Waals surface area contributed by atoms with Crippen molar-refractivity contribution in [1.82, 2.24) is 19.8 Å². The van der Waals surface area contributed by atoms with E-state index in [1.54, 1.807) is 18.2 Å². The summed E-state index contributed by atoms with van der Waals surface area (Å²) in [7, 11) is 0. The largest absolute Gasteiger partial charge is 0.478 e. The highest BCUT2D eigenvalue weighted by atomic mass is 16.4. The number of carboxylic acid groups (broad SMARTS) is 1. The average molecular weight is 382 g/mol. The van der Waals surface area contributed by atoms with Crippen LogP contribution in [0.4, 0.5) is 0 Å². The second kappa shape index (κ2) is 7.75. The Hall–Kier alpha value is -2.67. The van der Waals surface area contributed by atoms with Gasteiger partial charge in [-0.1, -0.05) is 18.6 Å². The van der Waals surface area contributed by atoms with Crippen LogP contribution in [0, 0.1) is 0 Å². The van der Waals surface area contributed by atoms with Crippen LogP contribution in [0.1, 0.15) is 47.9 Å². The molecule has 1 aromatic heterocycles. The Morgan fingerprint density at radius 2 is 2.14 bits per heavy atom. The highest BCUT2D eigenvalue weighted by Gasteiger charge is 2.27. The molecule has 0 saturated carbocycles. The maximum absolute atomic E-state index is 12.8. The number of aromatic nitrogens is 2. The predicted octanol–water partition coefficient (Wildman–Crippen LogP) is 2.53. The van der Waals surface area contributed by atoms with Crippen LogP contribution in [0.3, 0.4) is 0 Å². The van der Waals surface area contributed by atoms with Gasteiger partial charge in [0.15, 0.2) is 0 Å². The second-order valence-corrected chi connectivity index (χ2v) is 7.78. The van der Waals surface area contributed by atoms with E-state index in [9.17, 15) is 14.7 Å². The number of nitrogens with zero attached hydrogens (tertiary/aromatic N) is 3. The van der Waals surface area contributed by atoms with Gasteiger partial charge in [0.1, 0.15) is 5.82 Å². The lowest BCUT2D eigenvalue weighted by Gasteiger charge is -2.35. The van der Waals surface area contributed by atoms with Crippen LogP contribution in [0.25, 0.3) is 11.4 Å². The van der Waals surface area contributed by atoms with E-state index in [0.29, 0.717) is 37.9 Å². The molecular formula is C21H26N4O3. The summed E-state index contributed by atoms with van der Waals surface area (Å²) in [4.78, 5) is 36.1. The molecule has 3 heterocycles. The lowest BCUT2D eigenvalue weighted by Crippen LogP contribution is -2.47. The number of rotatable bonds is 4. The summed E-state index contributed by atoms with van der Waals surface area (Å²) in [5, 5.41) is 9.19. The zero-order valence-corrected chi connectivity index (χ0v) is 16.1. The van der Waals surface area contributed by atoms with Crippen LogP contribution in [0.2, 0.25) is 0 Å². The van der Waals surface area contributed by atoms with Crippen molar-refractivity contribution in [2.24, 2.45) is 0 Å². The third kappa shape index (κ3) is 3.80. The summed E-state index contributed by atoms with van der Waals surface area (Å²) in [5.41, 5.74) is 2.89. The molecule has 4 rings (SSSR count). The van der Waals surface area contributed by atoms with Gasteiger partial charge in [0.25, 0.3) is 0 Å². The number of piperidine rings is 1. The van der Waals surface area contributed by atoms with Crippen molar-refractivity contribution in [3.05, 3.63) is 41.2 Å². The number of imidazole rings is 1. The van der Waals surface area contributed by atoms with E-state index in [1.807, 2.05) is 11.0 Å². The van der Waals surface area contributed by atoms with E-state index in [0.717, 1.165) is 29.9 Å². The number of nitrogens with one attached hydrogen (secondary N) is 1. The average Bonchev–Trinajstić information content (AvgIpc) is 3.13. The first-order chi connectivity index (χ1) is 13.5. The minimum absolute atomic E-state index is 0.170. The number of benzene rings is 1. The van der Waals surface area contributed by atoms with Crippen LogP contribution in [-0.4, -0.2) is 62.4 Å². The van der Waals surface area contributed by atoms with Gasteiger partial charge in [-0.2, -0.15) is 0 Å². The van der Waals surface area contributed by atoms with Crippen LogP contribution < -0.4 is 0 Å². The fourth-order valence-corrected chi connectivity index (χ4v) is 4.11. The van der Waals surface area contributed by atoms with Gasteiger partial charge in [-0.25, -0.2) is 9.78 Å². The smallest absolute Gasteiger partial charge is 0.335 e. The van der Waals surface area contributed by atoms with Crippen LogP contribution in [0.5, 0.6) is 0 Å². The number of carbonyl (C=O) groups is 2. The number of hydrogen-bond acceptors (Lipinski definition) is 4. The monoisotopic (exact) mass is 382 g/mol. The Balaban J connectivity index is 1.46. The maximum Gasteiger partial charge on any atom is 0.335 e. The van der Waals surface area contributed by atoms with E-state index >= 15 is 0 Å². The number of carbonyl (C=O) groups excluding carboxylic acids is 1. The SMILES string of the molecule is C[C@@H]1CCCCN1CC(=O)N1CCc2nc(-c3cccc(C(=O)O)c3)[nH]c2C1. The highest BCUT2D eigenvalue weighted by Crippen LogP contribution is 2.24. The molecule has 0 aliphatic carbocycles. The van der Waals surface area contributed by atoms with E-state index < -0.39 is 5.97 Å². The standard InChI is InChI=1S/C21H26N4O3/c1-14-5-2-3-9-24(14)13-19(26)25-10-8-17-18(12-25)23-20(22-17)15-6-4-7-16(11-15)21(27)28/h4,6-7,11,14H,2-3,5,8-10,12-13H2,1H3,(H,22,23)(H,27,28)/t14-/m1/s1. The third-order valence-electron chi connectivity index (χ3n) is 5.85. The fourth-order valence-electron chi connectivity index (χ4n) is 4.11. The van der Waals surface area contributed by atoms with Crippen molar-refractivity contribution < 1.29 is 14.7 Å². The summed E-state index contributed by atoms with van der Waals surface area (Å²) in [6.45, 7) is 4.89. The number of fused-ring (bicyclic) bond motifs is 1. The second-order valence-electron chi connectivity index (χ2n) is 7.78. The maximum atomic E-state index is 12.8. The molecule has 1 fully saturated rings. The van der Waals surface area contributed by atoms with Gasteiger partial charge in [-0.15, -0.1) is 0 Å². The minimum Gasteiger partial charge on any atom is -0.478 e. The van der Waals surface area contributed by atoms with Gasteiger partial charge in [0.05, 0.1) is 30.0 Å². The molecule has 0 unspecified atom stereocenters. The molecule has 0 spiro atoms. The molecule has 148 valence electrons. The van der Waals surface area contributed by atoms with Crippen LogP contribution in [0.15, 0.2) is 24.3 Å². The van der Waals surface area contributed by atoms with Gasteiger partial charge in [0.2, 0.25) is 5.91 Å². The third-order valence-corrected chi connectivity index (χ3v) is 5.85. The van der Waals surface area contributed by atoms with Gasteiger partial charge < -0.3 is 15.0 Å². The Labute approximate surface area is 164 Å². The molecule has 1 saturated heterocycles. The molecule has 1 amide bonds. The molecular weight excluding hydrogens is 356 g/mol. The number of hydrogen-bond donors (Lipinski definition) is 2. The van der Waals surface area contributed by atoms with Gasteiger partial charge in [-0.3, -0.25) is 9.69 Å². The lowest BCUT2D eigenvalue weighted by atomic mass is 10.0. The minimum atomic E-state index is -0.957. The molecule has 2 aliphatic rings. The van der Waals surface area contributed by atoms with Gasteiger partial charge in [-0.05, 0) is 38.4 Å². The van der Waals surface area contributed by atoms with Crippen molar-refractivity contribution in [3.8, 4) is 11.4 Å². The number of carboxylic acids is 1. The van der Waals surface area contributed by atoms with Crippen LogP contribution >= 0.6 is 0 Å². The van der Waals surface area contributed by atoms with Crippen LogP contribution in [-0.2, 0) is 17.8 Å². The van der Waals surface area contributed by atoms with Gasteiger partial charge in [0, 0.05) is 24.6 Å². The molecule has 2 aromatic rings. The summed E-state index contributed by atoms with van der Waals surface area (Å²) in [6.07, 6.45) is 4.29. The molecule has 7 heteroatoms. The van der Waals surface area contributed by atoms with E-state index in [-0.39, 0.29) is 11.5 Å². The summed E-state index contributed by atoms with van der Waals surface area (Å²) in [6, 6.07) is 7.22. The molecule has 7 nitrogen and oxygen atoms in total. The molecule has 1 atom stereocenters. The summed E-state index contributed by atoms with van der Waals surface area (Å²) >= 11 is 0. The molecule has 2 N–H and O–H groups in total. The van der Waals surface area contributed by atoms with Crippen molar-refractivity contribution in [2.75, 3.05) is 19.6 Å². The van der Waals surface area contributed by atoms with Crippen molar-refractivity contribution >= 4 is 11.9 Å². The first-order valence-corrected chi connectivity index (χ1v) is 9.94. The molecule has 0 bridgehead atoms. The molecule has 2 aliphatic heterocycles. The zero-order chi connectivity index (χ0) is 19.7. The molecule has 0 radical (unpaired) electrons. The summed E-state index contributed by atoms with van der Waals surface area (Å²) in [5.74, 6) is -0.127. The quantitative estimate of drug-likeness (QED) is 0.848. The Morgan fingerprint density at radius 3 is 2.93 bits per heavy atom. The highest BCUT2D eigenvalue weighted by molar-refractivity contribution is 5.89. The lowest BCUT2D eigenvalue weighted by molar-refractivity contribution is -0.134. The topological polar surface area (TPSA) is 89.5 Å². The molecule has 28 heavy (non-hydrogen) atoms. The first-order valence-electron chi connectivity index (χ1n) is 9.94. The van der Waals surface area contributed by atoms with E-state index in [4.69, 9.17) is 0 Å². The van der Waals surface area contributed by atoms with E-state index in [1.165, 1.54) is 12.8 Å². The zero-order valence-electron chi connectivity index (χ0n) is 16.1.